The fraction of sp³-hybridized carbons (Fsp3) is 0.222. The van der Waals surface area contributed by atoms with E-state index in [1.165, 1.54) is 0 Å². The number of carbonyl (C=O) groups excluding carboxylic acids is 1. The fourth-order valence-corrected chi connectivity index (χ4v) is 2.39. The molecule has 0 saturated carbocycles. The van der Waals surface area contributed by atoms with Crippen LogP contribution < -0.4 is 5.32 Å². The van der Waals surface area contributed by atoms with Gasteiger partial charge in [-0.05, 0) is 38.1 Å². The summed E-state index contributed by atoms with van der Waals surface area (Å²) in [4.78, 5) is 19.7. The Morgan fingerprint density at radius 3 is 2.65 bits per heavy atom. The number of aromatic amines is 1. The first kappa shape index (κ1) is 15.2. The van der Waals surface area contributed by atoms with Gasteiger partial charge in [0.15, 0.2) is 0 Å². The van der Waals surface area contributed by atoms with Crippen LogP contribution in [-0.2, 0) is 0 Å². The molecule has 5 nitrogen and oxygen atoms in total. The lowest BCUT2D eigenvalue weighted by atomic mass is 10.1. The van der Waals surface area contributed by atoms with E-state index in [1.807, 2.05) is 30.5 Å². The van der Waals surface area contributed by atoms with Crippen LogP contribution in [0.25, 0.3) is 22.2 Å². The van der Waals surface area contributed by atoms with Crippen LogP contribution in [0.15, 0.2) is 48.8 Å². The molecule has 3 N–H and O–H groups in total. The second-order valence-corrected chi connectivity index (χ2v) is 6.17. The Labute approximate surface area is 134 Å². The van der Waals surface area contributed by atoms with E-state index >= 15 is 0 Å². The molecule has 1 aromatic carbocycles. The maximum Gasteiger partial charge on any atom is 0.251 e. The summed E-state index contributed by atoms with van der Waals surface area (Å²) >= 11 is 0. The van der Waals surface area contributed by atoms with Crippen molar-refractivity contribution in [1.82, 2.24) is 15.3 Å². The number of aromatic nitrogens is 2. The average molecular weight is 309 g/mol. The second kappa shape index (κ2) is 5.85. The number of hydrogen-bond donors (Lipinski definition) is 3. The van der Waals surface area contributed by atoms with Crippen molar-refractivity contribution in [3.63, 3.8) is 0 Å². The summed E-state index contributed by atoms with van der Waals surface area (Å²) in [5.41, 5.74) is 2.49. The summed E-state index contributed by atoms with van der Waals surface area (Å²) in [5.74, 6) is -0.202. The average Bonchev–Trinajstić information content (AvgIpc) is 3.00. The second-order valence-electron chi connectivity index (χ2n) is 6.17. The Balaban J connectivity index is 1.82. The number of aliphatic hydroxyl groups is 1. The highest BCUT2D eigenvalue weighted by atomic mass is 16.3. The minimum atomic E-state index is -0.927. The first-order valence-corrected chi connectivity index (χ1v) is 7.47. The van der Waals surface area contributed by atoms with Gasteiger partial charge in [-0.15, -0.1) is 0 Å². The molecule has 0 aliphatic carbocycles. The van der Waals surface area contributed by atoms with E-state index in [-0.39, 0.29) is 12.5 Å². The van der Waals surface area contributed by atoms with E-state index in [0.29, 0.717) is 5.56 Å². The molecular formula is C18H19N3O2. The van der Waals surface area contributed by atoms with E-state index in [2.05, 4.69) is 15.3 Å². The van der Waals surface area contributed by atoms with Crippen molar-refractivity contribution in [3.8, 4) is 11.3 Å². The minimum absolute atomic E-state index is 0.202. The lowest BCUT2D eigenvalue weighted by molar-refractivity contribution is 0.0694. The molecule has 118 valence electrons. The van der Waals surface area contributed by atoms with Crippen molar-refractivity contribution < 1.29 is 9.90 Å². The zero-order chi connectivity index (χ0) is 16.4. The Hall–Kier alpha value is -2.66. The van der Waals surface area contributed by atoms with Gasteiger partial charge in [0.25, 0.3) is 5.91 Å². The molecule has 0 bridgehead atoms. The van der Waals surface area contributed by atoms with Crippen LogP contribution >= 0.6 is 0 Å². The van der Waals surface area contributed by atoms with E-state index in [9.17, 15) is 9.90 Å². The molecule has 3 rings (SSSR count). The third-order valence-electron chi connectivity index (χ3n) is 3.58. The van der Waals surface area contributed by atoms with Gasteiger partial charge in [0.2, 0.25) is 0 Å². The summed E-state index contributed by atoms with van der Waals surface area (Å²) in [6.45, 7) is 3.51. The van der Waals surface area contributed by atoms with Crippen molar-refractivity contribution in [3.05, 3.63) is 54.4 Å². The van der Waals surface area contributed by atoms with Gasteiger partial charge in [-0.2, -0.15) is 0 Å². The monoisotopic (exact) mass is 309 g/mol. The van der Waals surface area contributed by atoms with Gasteiger partial charge in [0.05, 0.1) is 11.3 Å². The molecule has 0 fully saturated rings. The van der Waals surface area contributed by atoms with E-state index in [0.717, 1.165) is 22.2 Å². The van der Waals surface area contributed by atoms with Crippen molar-refractivity contribution in [1.29, 1.82) is 0 Å². The lowest BCUT2D eigenvalue weighted by Gasteiger charge is -2.17. The van der Waals surface area contributed by atoms with E-state index in [1.54, 1.807) is 32.2 Å². The third-order valence-corrected chi connectivity index (χ3v) is 3.58. The third kappa shape index (κ3) is 3.40. The zero-order valence-electron chi connectivity index (χ0n) is 13.1. The van der Waals surface area contributed by atoms with Crippen LogP contribution in [0.1, 0.15) is 24.2 Å². The number of pyridine rings is 1. The molecule has 23 heavy (non-hydrogen) atoms. The van der Waals surface area contributed by atoms with Gasteiger partial charge in [-0.1, -0.05) is 12.1 Å². The quantitative estimate of drug-likeness (QED) is 0.693. The molecule has 0 radical (unpaired) electrons. The molecule has 2 aromatic heterocycles. The molecular weight excluding hydrogens is 290 g/mol. The fourth-order valence-electron chi connectivity index (χ4n) is 2.39. The predicted octanol–water partition coefficient (Wildman–Crippen LogP) is 2.73. The van der Waals surface area contributed by atoms with Crippen LogP contribution in [0.4, 0.5) is 0 Å². The van der Waals surface area contributed by atoms with Crippen LogP contribution in [0.2, 0.25) is 0 Å². The number of rotatable bonds is 4. The lowest BCUT2D eigenvalue weighted by Crippen LogP contribution is -2.38. The Kier molecular flexibility index (Phi) is 3.88. The molecule has 0 atom stereocenters. The topological polar surface area (TPSA) is 78.0 Å². The van der Waals surface area contributed by atoms with Crippen molar-refractivity contribution in [2.24, 2.45) is 0 Å². The molecule has 5 heteroatoms. The number of H-pyrrole nitrogens is 1. The van der Waals surface area contributed by atoms with Gasteiger partial charge in [0, 0.05) is 41.0 Å². The number of carbonyl (C=O) groups is 1. The first-order valence-electron chi connectivity index (χ1n) is 7.47. The Morgan fingerprint density at radius 2 is 1.96 bits per heavy atom. The molecule has 0 unspecified atom stereocenters. The highest BCUT2D eigenvalue weighted by molar-refractivity contribution is 5.96. The van der Waals surface area contributed by atoms with Crippen LogP contribution in [0, 0.1) is 0 Å². The van der Waals surface area contributed by atoms with Crippen LogP contribution in [-0.4, -0.2) is 33.1 Å². The highest BCUT2D eigenvalue weighted by Gasteiger charge is 2.15. The van der Waals surface area contributed by atoms with E-state index in [4.69, 9.17) is 0 Å². The van der Waals surface area contributed by atoms with Crippen molar-refractivity contribution in [2.75, 3.05) is 6.54 Å². The molecule has 1 amide bonds. The standard InChI is InChI=1S/C18H19N3O2/c1-18(2,23)11-21-17(22)13-5-3-12(4-6-13)16-14-7-9-19-15(14)8-10-20-16/h3-10,19,23H,11H2,1-2H3,(H,21,22). The summed E-state index contributed by atoms with van der Waals surface area (Å²) in [6, 6.07) is 11.2. The SMILES string of the molecule is CC(C)(O)CNC(=O)c1ccc(-c2nccc3[nH]ccc23)cc1. The van der Waals surface area contributed by atoms with Gasteiger partial charge in [0.1, 0.15) is 0 Å². The number of benzene rings is 1. The number of hydrogen-bond acceptors (Lipinski definition) is 3. The minimum Gasteiger partial charge on any atom is -0.389 e. The molecule has 2 heterocycles. The highest BCUT2D eigenvalue weighted by Crippen LogP contribution is 2.25. The maximum atomic E-state index is 12.1. The summed E-state index contributed by atoms with van der Waals surface area (Å²) in [5, 5.41) is 13.4. The van der Waals surface area contributed by atoms with Gasteiger partial charge < -0.3 is 15.4 Å². The molecule has 3 aromatic rings. The van der Waals surface area contributed by atoms with Gasteiger partial charge in [-0.25, -0.2) is 0 Å². The van der Waals surface area contributed by atoms with Crippen LogP contribution in [0.5, 0.6) is 0 Å². The normalized spacial score (nSPS) is 11.6. The first-order chi connectivity index (χ1) is 10.9. The maximum absolute atomic E-state index is 12.1. The number of amides is 1. The summed E-state index contributed by atoms with van der Waals surface area (Å²) in [7, 11) is 0. The van der Waals surface area contributed by atoms with Gasteiger partial charge in [-0.3, -0.25) is 9.78 Å². The Morgan fingerprint density at radius 1 is 1.22 bits per heavy atom. The largest absolute Gasteiger partial charge is 0.389 e. The smallest absolute Gasteiger partial charge is 0.251 e. The molecule has 0 spiro atoms. The van der Waals surface area contributed by atoms with Crippen LogP contribution in [0.3, 0.4) is 0 Å². The molecule has 0 saturated heterocycles. The number of nitrogens with zero attached hydrogens (tertiary/aromatic N) is 1. The van der Waals surface area contributed by atoms with E-state index < -0.39 is 5.60 Å². The predicted molar refractivity (Wildman–Crippen MR) is 90.2 cm³/mol. The van der Waals surface area contributed by atoms with Gasteiger partial charge >= 0.3 is 0 Å². The zero-order valence-corrected chi connectivity index (χ0v) is 13.1. The Bertz CT molecular complexity index is 829. The van der Waals surface area contributed by atoms with Crippen molar-refractivity contribution in [2.45, 2.75) is 19.4 Å². The number of fused-ring (bicyclic) bond motifs is 1. The van der Waals surface area contributed by atoms with Crippen molar-refractivity contribution >= 4 is 16.8 Å². The molecule has 0 aliphatic heterocycles. The molecule has 0 aliphatic rings. The number of nitrogens with one attached hydrogen (secondary N) is 2. The summed E-state index contributed by atoms with van der Waals surface area (Å²) in [6.07, 6.45) is 3.65. The summed E-state index contributed by atoms with van der Waals surface area (Å²) < 4.78 is 0.